The molecule has 2 aromatic rings. The summed E-state index contributed by atoms with van der Waals surface area (Å²) in [6.07, 6.45) is 2.16. The quantitative estimate of drug-likeness (QED) is 0.788. The van der Waals surface area contributed by atoms with Gasteiger partial charge in [0.25, 0.3) is 0 Å². The van der Waals surface area contributed by atoms with Crippen molar-refractivity contribution in [3.63, 3.8) is 0 Å². The molecule has 2 fully saturated rings. The zero-order valence-corrected chi connectivity index (χ0v) is 17.1. The summed E-state index contributed by atoms with van der Waals surface area (Å²) in [7, 11) is -3.53. The number of piperazine rings is 1. The van der Waals surface area contributed by atoms with Gasteiger partial charge in [-0.1, -0.05) is 30.3 Å². The van der Waals surface area contributed by atoms with Gasteiger partial charge < -0.3 is 4.90 Å². The summed E-state index contributed by atoms with van der Waals surface area (Å²) in [6.45, 7) is 5.60. The Morgan fingerprint density at radius 3 is 2.21 bits per heavy atom. The highest BCUT2D eigenvalue weighted by atomic mass is 32.2. The molecule has 0 aliphatic carbocycles. The molecule has 4 rings (SSSR count). The minimum absolute atomic E-state index is 0.170. The average Bonchev–Trinajstić information content (AvgIpc) is 3.27. The van der Waals surface area contributed by atoms with E-state index in [0.29, 0.717) is 31.1 Å². The maximum absolute atomic E-state index is 13.1. The van der Waals surface area contributed by atoms with Crippen LogP contribution < -0.4 is 0 Å². The summed E-state index contributed by atoms with van der Waals surface area (Å²) in [5.41, 5.74) is 0. The van der Waals surface area contributed by atoms with E-state index in [-0.39, 0.29) is 11.9 Å². The van der Waals surface area contributed by atoms with Gasteiger partial charge in [-0.2, -0.15) is 4.31 Å². The van der Waals surface area contributed by atoms with Crippen molar-refractivity contribution in [2.24, 2.45) is 0 Å². The lowest BCUT2D eigenvalue weighted by Crippen LogP contribution is -2.55. The highest BCUT2D eigenvalue weighted by Gasteiger charge is 2.33. The van der Waals surface area contributed by atoms with Crippen molar-refractivity contribution >= 4 is 26.7 Å². The highest BCUT2D eigenvalue weighted by molar-refractivity contribution is 7.89. The highest BCUT2D eigenvalue weighted by Crippen LogP contribution is 2.23. The number of hydrogen-bond acceptors (Lipinski definition) is 4. The van der Waals surface area contributed by atoms with Gasteiger partial charge in [0.15, 0.2) is 0 Å². The number of nitrogens with zero attached hydrogens (tertiary/aromatic N) is 3. The normalized spacial score (nSPS) is 20.5. The summed E-state index contributed by atoms with van der Waals surface area (Å²) in [5, 5.41) is 1.95. The van der Waals surface area contributed by atoms with Crippen LogP contribution in [0, 0.1) is 0 Å². The molecule has 0 saturated carbocycles. The van der Waals surface area contributed by atoms with Gasteiger partial charge >= 0.3 is 0 Å². The minimum atomic E-state index is -3.53. The Morgan fingerprint density at radius 2 is 1.54 bits per heavy atom. The van der Waals surface area contributed by atoms with E-state index in [4.69, 9.17) is 0 Å². The topological polar surface area (TPSA) is 60.9 Å². The third kappa shape index (κ3) is 3.66. The van der Waals surface area contributed by atoms with Crippen LogP contribution >= 0.6 is 0 Å². The maximum atomic E-state index is 13.1. The molecule has 2 saturated heterocycles. The molecule has 1 atom stereocenters. The Bertz CT molecular complexity index is 962. The predicted molar refractivity (Wildman–Crippen MR) is 110 cm³/mol. The number of hydrogen-bond donors (Lipinski definition) is 0. The Kier molecular flexibility index (Phi) is 5.40. The molecule has 0 spiro atoms. The molecule has 2 aliphatic heterocycles. The van der Waals surface area contributed by atoms with Crippen LogP contribution in [-0.4, -0.2) is 73.7 Å². The second-order valence-electron chi connectivity index (χ2n) is 7.66. The first-order valence-corrected chi connectivity index (χ1v) is 11.4. The summed E-state index contributed by atoms with van der Waals surface area (Å²) < 4.78 is 27.7. The van der Waals surface area contributed by atoms with Gasteiger partial charge in [0.05, 0.1) is 10.9 Å². The van der Waals surface area contributed by atoms with Crippen molar-refractivity contribution in [3.05, 3.63) is 42.5 Å². The Balaban J connectivity index is 1.43. The first-order valence-electron chi connectivity index (χ1n) is 9.98. The molecule has 0 N–H and O–H groups in total. The fourth-order valence-corrected chi connectivity index (χ4v) is 5.62. The standard InChI is InChI=1S/C21H27N3O3S/c1-17(21(25)23-10-4-5-11-23)22-12-14-24(15-13-22)28(26,27)20-9-8-18-6-2-3-7-19(18)16-20/h2-3,6-9,16-17H,4-5,10-15H2,1H3/t17-/m1/s1. The van der Waals surface area contributed by atoms with Crippen LogP contribution in [0.5, 0.6) is 0 Å². The first-order chi connectivity index (χ1) is 13.5. The van der Waals surface area contributed by atoms with Crippen LogP contribution in [0.1, 0.15) is 19.8 Å². The number of sulfonamides is 1. The van der Waals surface area contributed by atoms with E-state index in [1.165, 1.54) is 0 Å². The molecule has 0 aromatic heterocycles. The Hall–Kier alpha value is -1.96. The first kappa shape index (κ1) is 19.4. The number of likely N-dealkylation sites (tertiary alicyclic amines) is 1. The largest absolute Gasteiger partial charge is 0.341 e. The molecular formula is C21H27N3O3S. The summed E-state index contributed by atoms with van der Waals surface area (Å²) in [4.78, 5) is 17.0. The Morgan fingerprint density at radius 1 is 0.893 bits per heavy atom. The zero-order valence-electron chi connectivity index (χ0n) is 16.3. The second-order valence-corrected chi connectivity index (χ2v) is 9.60. The summed E-state index contributed by atoms with van der Waals surface area (Å²) in [5.74, 6) is 0.170. The van der Waals surface area contributed by atoms with E-state index in [0.717, 1.165) is 36.7 Å². The van der Waals surface area contributed by atoms with E-state index in [1.807, 2.05) is 42.2 Å². The van der Waals surface area contributed by atoms with Gasteiger partial charge in [0, 0.05) is 39.3 Å². The minimum Gasteiger partial charge on any atom is -0.341 e. The van der Waals surface area contributed by atoms with Gasteiger partial charge in [-0.05, 0) is 42.7 Å². The van der Waals surface area contributed by atoms with Crippen molar-refractivity contribution in [2.75, 3.05) is 39.3 Å². The molecule has 28 heavy (non-hydrogen) atoms. The molecule has 0 bridgehead atoms. The van der Waals surface area contributed by atoms with E-state index >= 15 is 0 Å². The van der Waals surface area contributed by atoms with Crippen LogP contribution in [0.4, 0.5) is 0 Å². The maximum Gasteiger partial charge on any atom is 0.243 e. The van der Waals surface area contributed by atoms with E-state index < -0.39 is 10.0 Å². The number of amides is 1. The third-order valence-electron chi connectivity index (χ3n) is 5.95. The summed E-state index contributed by atoms with van der Waals surface area (Å²) >= 11 is 0. The van der Waals surface area contributed by atoms with Crippen LogP contribution in [0.25, 0.3) is 10.8 Å². The van der Waals surface area contributed by atoms with Crippen molar-refractivity contribution in [1.29, 1.82) is 0 Å². The third-order valence-corrected chi connectivity index (χ3v) is 7.85. The molecular weight excluding hydrogens is 374 g/mol. The van der Waals surface area contributed by atoms with E-state index in [1.54, 1.807) is 16.4 Å². The van der Waals surface area contributed by atoms with Crippen LogP contribution in [0.15, 0.2) is 47.4 Å². The second kappa shape index (κ2) is 7.81. The lowest BCUT2D eigenvalue weighted by atomic mass is 10.1. The van der Waals surface area contributed by atoms with Gasteiger partial charge in [-0.3, -0.25) is 9.69 Å². The number of carbonyl (C=O) groups excluding carboxylic acids is 1. The zero-order chi connectivity index (χ0) is 19.7. The number of fused-ring (bicyclic) bond motifs is 1. The lowest BCUT2D eigenvalue weighted by molar-refractivity contribution is -0.135. The average molecular weight is 402 g/mol. The van der Waals surface area contributed by atoms with Crippen LogP contribution in [0.2, 0.25) is 0 Å². The van der Waals surface area contributed by atoms with Crippen LogP contribution in [0.3, 0.4) is 0 Å². The predicted octanol–water partition coefficient (Wildman–Crippen LogP) is 2.16. The van der Waals surface area contributed by atoms with Crippen molar-refractivity contribution in [1.82, 2.24) is 14.1 Å². The van der Waals surface area contributed by atoms with Gasteiger partial charge in [0.2, 0.25) is 15.9 Å². The van der Waals surface area contributed by atoms with Crippen molar-refractivity contribution < 1.29 is 13.2 Å². The SMILES string of the molecule is C[C@H](C(=O)N1CCCC1)N1CCN(S(=O)(=O)c2ccc3ccccc3c2)CC1. The molecule has 0 radical (unpaired) electrons. The number of carbonyl (C=O) groups is 1. The van der Waals surface area contributed by atoms with Gasteiger partial charge in [-0.25, -0.2) is 8.42 Å². The smallest absolute Gasteiger partial charge is 0.243 e. The van der Waals surface area contributed by atoms with Gasteiger partial charge in [0.1, 0.15) is 0 Å². The van der Waals surface area contributed by atoms with E-state index in [2.05, 4.69) is 4.90 Å². The monoisotopic (exact) mass is 401 g/mol. The van der Waals surface area contributed by atoms with Crippen molar-refractivity contribution in [2.45, 2.75) is 30.7 Å². The molecule has 2 heterocycles. The van der Waals surface area contributed by atoms with E-state index in [9.17, 15) is 13.2 Å². The summed E-state index contributed by atoms with van der Waals surface area (Å²) in [6, 6.07) is 12.9. The lowest BCUT2D eigenvalue weighted by Gasteiger charge is -2.37. The molecule has 2 aliphatic rings. The molecule has 2 aromatic carbocycles. The fourth-order valence-electron chi connectivity index (χ4n) is 4.17. The molecule has 0 unspecified atom stereocenters. The molecule has 6 nitrogen and oxygen atoms in total. The molecule has 1 amide bonds. The number of benzene rings is 2. The van der Waals surface area contributed by atoms with Crippen LogP contribution in [-0.2, 0) is 14.8 Å². The van der Waals surface area contributed by atoms with Crippen molar-refractivity contribution in [3.8, 4) is 0 Å². The fraction of sp³-hybridized carbons (Fsp3) is 0.476. The number of rotatable bonds is 4. The Labute approximate surface area is 166 Å². The molecule has 7 heteroatoms. The van der Waals surface area contributed by atoms with Gasteiger partial charge in [-0.15, -0.1) is 0 Å². The molecule has 150 valence electrons.